The summed E-state index contributed by atoms with van der Waals surface area (Å²) in [7, 11) is 0. The van der Waals surface area contributed by atoms with Crippen LogP contribution in [0, 0.1) is 0 Å². The van der Waals surface area contributed by atoms with Gasteiger partial charge >= 0.3 is 5.97 Å². The fraction of sp³-hybridized carbons (Fsp3) is 0.462. The van der Waals surface area contributed by atoms with Crippen LogP contribution in [0.25, 0.3) is 0 Å². The lowest BCUT2D eigenvalue weighted by Gasteiger charge is -2.16. The highest BCUT2D eigenvalue weighted by molar-refractivity contribution is 6.33. The molecule has 2 nitrogen and oxygen atoms in total. The minimum absolute atomic E-state index is 0.0473. The van der Waals surface area contributed by atoms with Crippen molar-refractivity contribution in [1.82, 2.24) is 0 Å². The highest BCUT2D eigenvalue weighted by atomic mass is 35.5. The van der Waals surface area contributed by atoms with E-state index in [1.807, 2.05) is 0 Å². The Kier molecular flexibility index (Phi) is 6.26. The topological polar surface area (TPSA) is 37.3 Å². The van der Waals surface area contributed by atoms with Gasteiger partial charge in [0.1, 0.15) is 0 Å². The Balaban J connectivity index is 5.85. The van der Waals surface area contributed by atoms with Gasteiger partial charge in [-0.1, -0.05) is 37.6 Å². The van der Waals surface area contributed by atoms with Gasteiger partial charge in [0, 0.05) is 18.1 Å². The summed E-state index contributed by atoms with van der Waals surface area (Å²) in [6.07, 6.45) is 1.82. The van der Waals surface area contributed by atoms with Gasteiger partial charge in [0.05, 0.1) is 5.03 Å². The van der Waals surface area contributed by atoms with E-state index in [2.05, 4.69) is 6.58 Å². The number of hydrogen-bond donors (Lipinski definition) is 1. The number of alkyl halides is 2. The fourth-order valence-corrected chi connectivity index (χ4v) is 1.86. The quantitative estimate of drug-likeness (QED) is 0.573. The first-order chi connectivity index (χ1) is 8.16. The molecule has 0 radical (unpaired) electrons. The number of halogens is 3. The number of carboxylic acid groups (broad SMARTS) is 1. The lowest BCUT2D eigenvalue weighted by Crippen LogP contribution is -2.14. The van der Waals surface area contributed by atoms with E-state index in [1.54, 1.807) is 6.92 Å². The number of rotatable bonds is 6. The van der Waals surface area contributed by atoms with E-state index in [4.69, 9.17) is 16.7 Å². The molecule has 0 spiro atoms. The first kappa shape index (κ1) is 16.8. The molecule has 0 fully saturated rings. The Bertz CT molecular complexity index is 404. The van der Waals surface area contributed by atoms with Crippen LogP contribution in [0.2, 0.25) is 0 Å². The van der Waals surface area contributed by atoms with E-state index in [9.17, 15) is 13.6 Å². The molecule has 5 heteroatoms. The van der Waals surface area contributed by atoms with Crippen LogP contribution in [-0.2, 0) is 4.79 Å². The van der Waals surface area contributed by atoms with E-state index in [0.29, 0.717) is 13.3 Å². The Hall–Kier alpha value is -1.16. The molecular formula is C13H17ClF2O2. The van der Waals surface area contributed by atoms with Gasteiger partial charge < -0.3 is 5.11 Å². The molecule has 0 saturated heterocycles. The third-order valence-corrected chi connectivity index (χ3v) is 2.94. The van der Waals surface area contributed by atoms with Gasteiger partial charge in [0.25, 0.3) is 5.92 Å². The number of carbonyl (C=O) groups is 1. The number of carboxylic acids is 1. The zero-order valence-corrected chi connectivity index (χ0v) is 11.4. The monoisotopic (exact) mass is 278 g/mol. The minimum Gasteiger partial charge on any atom is -0.478 e. The molecule has 18 heavy (non-hydrogen) atoms. The standard InChI is InChI=1S/C13H17ClF2O2/c1-5-7-9(12(17)18)8(3)11(14)10(6-2)13(4,15)16/h6H,2,5,7H2,1,3-4H3,(H,17,18)/b9-8+,11-10-. The van der Waals surface area contributed by atoms with Crippen LogP contribution in [0.1, 0.15) is 33.6 Å². The highest BCUT2D eigenvalue weighted by Gasteiger charge is 2.29. The maximum Gasteiger partial charge on any atom is 0.331 e. The summed E-state index contributed by atoms with van der Waals surface area (Å²) >= 11 is 5.86. The number of allylic oxidation sites excluding steroid dienone is 4. The molecule has 0 rings (SSSR count). The molecule has 0 unspecified atom stereocenters. The van der Waals surface area contributed by atoms with Crippen LogP contribution in [0.5, 0.6) is 0 Å². The van der Waals surface area contributed by atoms with Crippen LogP contribution in [0.3, 0.4) is 0 Å². The molecule has 0 amide bonds. The predicted molar refractivity (Wildman–Crippen MR) is 68.9 cm³/mol. The molecule has 0 aromatic rings. The smallest absolute Gasteiger partial charge is 0.331 e. The summed E-state index contributed by atoms with van der Waals surface area (Å²) in [6, 6.07) is 0. The lowest BCUT2D eigenvalue weighted by molar-refractivity contribution is -0.132. The third kappa shape index (κ3) is 4.26. The number of aliphatic carboxylic acids is 1. The third-order valence-electron chi connectivity index (χ3n) is 2.45. The first-order valence-corrected chi connectivity index (χ1v) is 5.88. The van der Waals surface area contributed by atoms with Crippen molar-refractivity contribution < 1.29 is 18.7 Å². The van der Waals surface area contributed by atoms with Gasteiger partial charge in [0.15, 0.2) is 0 Å². The highest BCUT2D eigenvalue weighted by Crippen LogP contribution is 2.33. The van der Waals surface area contributed by atoms with Crippen LogP contribution < -0.4 is 0 Å². The average molecular weight is 279 g/mol. The van der Waals surface area contributed by atoms with E-state index < -0.39 is 17.5 Å². The molecule has 0 atom stereocenters. The second kappa shape index (κ2) is 6.69. The van der Waals surface area contributed by atoms with Crippen LogP contribution in [0.15, 0.2) is 34.4 Å². The first-order valence-electron chi connectivity index (χ1n) is 5.50. The van der Waals surface area contributed by atoms with Crippen LogP contribution >= 0.6 is 11.6 Å². The Labute approximate surface area is 111 Å². The van der Waals surface area contributed by atoms with Crippen molar-refractivity contribution in [2.75, 3.05) is 0 Å². The van der Waals surface area contributed by atoms with Gasteiger partial charge in [-0.05, 0) is 18.9 Å². The molecule has 0 aliphatic rings. The molecule has 102 valence electrons. The Morgan fingerprint density at radius 3 is 2.28 bits per heavy atom. The molecule has 0 aliphatic heterocycles. The van der Waals surface area contributed by atoms with Crippen molar-refractivity contribution >= 4 is 17.6 Å². The summed E-state index contributed by atoms with van der Waals surface area (Å²) in [5, 5.41) is 8.78. The van der Waals surface area contributed by atoms with Crippen LogP contribution in [0.4, 0.5) is 8.78 Å². The van der Waals surface area contributed by atoms with Gasteiger partial charge in [-0.3, -0.25) is 0 Å². The molecule has 0 bridgehead atoms. The van der Waals surface area contributed by atoms with E-state index in [1.165, 1.54) is 6.92 Å². The summed E-state index contributed by atoms with van der Waals surface area (Å²) in [6.45, 7) is 7.21. The molecule has 0 aromatic heterocycles. The lowest BCUT2D eigenvalue weighted by atomic mass is 10.00. The van der Waals surface area contributed by atoms with E-state index in [0.717, 1.165) is 6.08 Å². The zero-order valence-electron chi connectivity index (χ0n) is 10.7. The second-order valence-corrected chi connectivity index (χ2v) is 4.36. The predicted octanol–water partition coefficient (Wildman–Crippen LogP) is 4.52. The van der Waals surface area contributed by atoms with Gasteiger partial charge in [-0.2, -0.15) is 0 Å². The summed E-state index contributed by atoms with van der Waals surface area (Å²) < 4.78 is 26.5. The second-order valence-electron chi connectivity index (χ2n) is 3.98. The minimum atomic E-state index is -3.16. The molecule has 0 saturated carbocycles. The summed E-state index contributed by atoms with van der Waals surface area (Å²) in [5.41, 5.74) is -0.259. The molecule has 0 aromatic carbocycles. The van der Waals surface area contributed by atoms with Crippen molar-refractivity contribution in [2.45, 2.75) is 39.5 Å². The van der Waals surface area contributed by atoms with Crippen molar-refractivity contribution in [3.63, 3.8) is 0 Å². The zero-order chi connectivity index (χ0) is 14.5. The summed E-state index contributed by atoms with van der Waals surface area (Å²) in [5.74, 6) is -4.30. The molecule has 0 heterocycles. The normalized spacial score (nSPS) is 14.8. The maximum atomic E-state index is 13.3. The van der Waals surface area contributed by atoms with Crippen molar-refractivity contribution in [1.29, 1.82) is 0 Å². The maximum absolute atomic E-state index is 13.3. The SMILES string of the molecule is C=C/C(=C(Cl)\C(C)=C(/CCC)C(=O)O)C(C)(F)F. The van der Waals surface area contributed by atoms with E-state index in [-0.39, 0.29) is 22.6 Å². The largest absolute Gasteiger partial charge is 0.478 e. The van der Waals surface area contributed by atoms with Crippen molar-refractivity contribution in [3.8, 4) is 0 Å². The molecule has 1 N–H and O–H groups in total. The van der Waals surface area contributed by atoms with Crippen LogP contribution in [-0.4, -0.2) is 17.0 Å². The Morgan fingerprint density at radius 1 is 1.50 bits per heavy atom. The number of hydrogen-bond acceptors (Lipinski definition) is 1. The average Bonchev–Trinajstić information content (AvgIpc) is 2.23. The van der Waals surface area contributed by atoms with Gasteiger partial charge in [0.2, 0.25) is 0 Å². The van der Waals surface area contributed by atoms with Crippen molar-refractivity contribution in [3.05, 3.63) is 34.4 Å². The molecule has 0 aliphatic carbocycles. The summed E-state index contributed by atoms with van der Waals surface area (Å²) in [4.78, 5) is 11.0. The van der Waals surface area contributed by atoms with Crippen molar-refractivity contribution in [2.24, 2.45) is 0 Å². The molecular weight excluding hydrogens is 262 g/mol. The Morgan fingerprint density at radius 2 is 2.00 bits per heavy atom. The van der Waals surface area contributed by atoms with E-state index >= 15 is 0 Å². The fourth-order valence-electron chi connectivity index (χ4n) is 1.50. The van der Waals surface area contributed by atoms with Gasteiger partial charge in [-0.25, -0.2) is 13.6 Å². The van der Waals surface area contributed by atoms with Gasteiger partial charge in [-0.15, -0.1) is 0 Å².